The first-order valence-electron chi connectivity index (χ1n) is 6.77. The average Bonchev–Trinajstić information content (AvgIpc) is 2.34. The molecule has 4 heteroatoms. The van der Waals surface area contributed by atoms with Crippen molar-refractivity contribution in [3.63, 3.8) is 0 Å². The summed E-state index contributed by atoms with van der Waals surface area (Å²) >= 11 is 7.00. The Labute approximate surface area is 131 Å². The molecule has 0 unspecified atom stereocenters. The third-order valence-corrected chi connectivity index (χ3v) is 5.34. The molecule has 1 aliphatic carbocycles. The van der Waals surface area contributed by atoms with E-state index in [2.05, 4.69) is 36.8 Å². The Kier molecular flexibility index (Phi) is 5.46. The van der Waals surface area contributed by atoms with Gasteiger partial charge in [0.1, 0.15) is 0 Å². The van der Waals surface area contributed by atoms with Crippen molar-refractivity contribution in [1.82, 2.24) is 4.90 Å². The van der Waals surface area contributed by atoms with Gasteiger partial charge in [0, 0.05) is 22.4 Å². The fraction of sp³-hybridized carbons (Fsp3) is 0.533. The van der Waals surface area contributed by atoms with Crippen LogP contribution >= 0.6 is 31.9 Å². The highest BCUT2D eigenvalue weighted by Gasteiger charge is 2.29. The number of nitrogens with zero attached hydrogens (tertiary/aromatic N) is 1. The van der Waals surface area contributed by atoms with Crippen LogP contribution in [-0.2, 0) is 0 Å². The highest BCUT2D eigenvalue weighted by atomic mass is 79.9. The number of carbonyl (C=O) groups is 1. The maximum absolute atomic E-state index is 12.7. The highest BCUT2D eigenvalue weighted by molar-refractivity contribution is 9.10. The van der Waals surface area contributed by atoms with Crippen molar-refractivity contribution in [2.45, 2.75) is 38.6 Å². The number of hydrogen-bond acceptors (Lipinski definition) is 1. The van der Waals surface area contributed by atoms with E-state index in [0.29, 0.717) is 6.04 Å². The lowest BCUT2D eigenvalue weighted by molar-refractivity contribution is 0.0580. The predicted molar refractivity (Wildman–Crippen MR) is 86.0 cm³/mol. The van der Waals surface area contributed by atoms with E-state index in [1.165, 1.54) is 6.42 Å². The number of amides is 1. The number of benzene rings is 1. The van der Waals surface area contributed by atoms with Gasteiger partial charge in [0.25, 0.3) is 5.91 Å². The van der Waals surface area contributed by atoms with Crippen molar-refractivity contribution < 1.29 is 4.79 Å². The molecule has 0 radical (unpaired) electrons. The van der Waals surface area contributed by atoms with Crippen LogP contribution in [0.4, 0.5) is 0 Å². The quantitative estimate of drug-likeness (QED) is 0.678. The van der Waals surface area contributed by atoms with Crippen LogP contribution in [0, 0.1) is 6.92 Å². The molecule has 2 nitrogen and oxygen atoms in total. The van der Waals surface area contributed by atoms with Crippen LogP contribution in [0.15, 0.2) is 22.7 Å². The van der Waals surface area contributed by atoms with Gasteiger partial charge in [-0.1, -0.05) is 28.1 Å². The van der Waals surface area contributed by atoms with Crippen LogP contribution in [0.3, 0.4) is 0 Å². The molecule has 0 atom stereocenters. The number of hydrogen-bond donors (Lipinski definition) is 0. The summed E-state index contributed by atoms with van der Waals surface area (Å²) in [6, 6.07) is 6.34. The van der Waals surface area contributed by atoms with E-state index < -0.39 is 0 Å². The number of aryl methyl sites for hydroxylation is 1. The molecule has 0 aromatic heterocycles. The Bertz CT molecular complexity index is 457. The number of halogens is 2. The third kappa shape index (κ3) is 3.40. The molecular weight excluding hydrogens is 370 g/mol. The number of alkyl halides is 1. The van der Waals surface area contributed by atoms with E-state index in [1.54, 1.807) is 0 Å². The largest absolute Gasteiger partial charge is 0.336 e. The van der Waals surface area contributed by atoms with Gasteiger partial charge in [0.05, 0.1) is 5.56 Å². The van der Waals surface area contributed by atoms with E-state index >= 15 is 0 Å². The molecule has 2 rings (SSSR count). The molecule has 19 heavy (non-hydrogen) atoms. The molecule has 1 aromatic carbocycles. The van der Waals surface area contributed by atoms with Gasteiger partial charge in [-0.25, -0.2) is 0 Å². The van der Waals surface area contributed by atoms with Gasteiger partial charge >= 0.3 is 0 Å². The zero-order chi connectivity index (χ0) is 13.8. The van der Waals surface area contributed by atoms with Crippen molar-refractivity contribution in [3.05, 3.63) is 33.8 Å². The summed E-state index contributed by atoms with van der Waals surface area (Å²) in [4.78, 5) is 14.8. The fourth-order valence-corrected chi connectivity index (χ4v) is 3.03. The van der Waals surface area contributed by atoms with Crippen LogP contribution in [-0.4, -0.2) is 28.7 Å². The van der Waals surface area contributed by atoms with Gasteiger partial charge < -0.3 is 4.90 Å². The number of rotatable bonds is 5. The molecule has 1 amide bonds. The lowest BCUT2D eigenvalue weighted by Gasteiger charge is -2.38. The average molecular weight is 389 g/mol. The zero-order valence-corrected chi connectivity index (χ0v) is 14.3. The zero-order valence-electron chi connectivity index (χ0n) is 11.2. The summed E-state index contributed by atoms with van der Waals surface area (Å²) in [6.45, 7) is 2.86. The van der Waals surface area contributed by atoms with E-state index in [9.17, 15) is 4.79 Å². The van der Waals surface area contributed by atoms with Crippen LogP contribution in [0.25, 0.3) is 0 Å². The normalized spacial score (nSPS) is 15.1. The molecule has 0 heterocycles. The Morgan fingerprint density at radius 1 is 1.42 bits per heavy atom. The molecule has 1 saturated carbocycles. The van der Waals surface area contributed by atoms with Crippen molar-refractivity contribution in [1.29, 1.82) is 0 Å². The Morgan fingerprint density at radius 3 is 2.74 bits per heavy atom. The van der Waals surface area contributed by atoms with Crippen LogP contribution < -0.4 is 0 Å². The van der Waals surface area contributed by atoms with Gasteiger partial charge in [-0.2, -0.15) is 0 Å². The maximum atomic E-state index is 12.7. The molecule has 0 aliphatic heterocycles. The van der Waals surface area contributed by atoms with Gasteiger partial charge in [-0.3, -0.25) is 4.79 Å². The topological polar surface area (TPSA) is 20.3 Å². The first-order chi connectivity index (χ1) is 9.15. The van der Waals surface area contributed by atoms with Crippen LogP contribution in [0.1, 0.15) is 41.6 Å². The number of carbonyl (C=O) groups excluding carboxylic acids is 1. The summed E-state index contributed by atoms with van der Waals surface area (Å²) in [6.07, 6.45) is 4.55. The van der Waals surface area contributed by atoms with E-state index in [-0.39, 0.29) is 5.91 Å². The summed E-state index contributed by atoms with van der Waals surface area (Å²) < 4.78 is 0.933. The molecule has 1 aromatic rings. The third-order valence-electron chi connectivity index (χ3n) is 3.73. The molecular formula is C15H19Br2NO. The SMILES string of the molecule is Cc1cccc(C(=O)N(CCCBr)C2CCC2)c1Br. The van der Waals surface area contributed by atoms with Gasteiger partial charge in [0.2, 0.25) is 0 Å². The first-order valence-corrected chi connectivity index (χ1v) is 8.68. The second-order valence-corrected chi connectivity index (χ2v) is 6.65. The Morgan fingerprint density at radius 2 is 2.16 bits per heavy atom. The molecule has 0 spiro atoms. The van der Waals surface area contributed by atoms with Crippen LogP contribution in [0.2, 0.25) is 0 Å². The standard InChI is InChI=1S/C15H19Br2NO/c1-11-5-2-8-13(14(11)17)15(19)18(10-4-9-16)12-6-3-7-12/h2,5,8,12H,3-4,6-7,9-10H2,1H3. The molecule has 1 aliphatic rings. The predicted octanol–water partition coefficient (Wildman–Crippen LogP) is 4.54. The summed E-state index contributed by atoms with van der Waals surface area (Å²) in [5, 5.41) is 0.943. The minimum atomic E-state index is 0.168. The fourth-order valence-electron chi connectivity index (χ4n) is 2.35. The van der Waals surface area contributed by atoms with Crippen molar-refractivity contribution in [2.24, 2.45) is 0 Å². The first kappa shape index (κ1) is 15.0. The summed E-state index contributed by atoms with van der Waals surface area (Å²) in [7, 11) is 0. The van der Waals surface area contributed by atoms with Crippen molar-refractivity contribution in [3.8, 4) is 0 Å². The smallest absolute Gasteiger partial charge is 0.255 e. The van der Waals surface area contributed by atoms with Crippen molar-refractivity contribution in [2.75, 3.05) is 11.9 Å². The lowest BCUT2D eigenvalue weighted by Crippen LogP contribution is -2.45. The molecule has 104 valence electrons. The monoisotopic (exact) mass is 387 g/mol. The Balaban J connectivity index is 2.20. The van der Waals surface area contributed by atoms with Crippen LogP contribution in [0.5, 0.6) is 0 Å². The van der Waals surface area contributed by atoms with Gasteiger partial charge in [-0.05, 0) is 60.2 Å². The summed E-state index contributed by atoms with van der Waals surface area (Å²) in [5.74, 6) is 0.168. The highest BCUT2D eigenvalue weighted by Crippen LogP contribution is 2.29. The molecule has 0 saturated heterocycles. The molecule has 0 bridgehead atoms. The molecule has 0 N–H and O–H groups in total. The Hall–Kier alpha value is -0.350. The minimum Gasteiger partial charge on any atom is -0.336 e. The van der Waals surface area contributed by atoms with E-state index in [0.717, 1.165) is 46.7 Å². The second-order valence-electron chi connectivity index (χ2n) is 5.06. The van der Waals surface area contributed by atoms with E-state index in [1.807, 2.05) is 25.1 Å². The molecule has 1 fully saturated rings. The summed E-state index contributed by atoms with van der Waals surface area (Å²) in [5.41, 5.74) is 1.90. The maximum Gasteiger partial charge on any atom is 0.255 e. The van der Waals surface area contributed by atoms with Gasteiger partial charge in [-0.15, -0.1) is 0 Å². The van der Waals surface area contributed by atoms with Gasteiger partial charge in [0.15, 0.2) is 0 Å². The second kappa shape index (κ2) is 6.89. The van der Waals surface area contributed by atoms with E-state index in [4.69, 9.17) is 0 Å². The van der Waals surface area contributed by atoms with Crippen molar-refractivity contribution >= 4 is 37.8 Å². The minimum absolute atomic E-state index is 0.168. The lowest BCUT2D eigenvalue weighted by atomic mass is 9.90.